The second-order valence-electron chi connectivity index (χ2n) is 6.77. The fourth-order valence-electron chi connectivity index (χ4n) is 2.72. The third kappa shape index (κ3) is 4.68. The number of hydrogen-bond donors (Lipinski definition) is 1. The van der Waals surface area contributed by atoms with Crippen LogP contribution in [0.1, 0.15) is 25.0 Å². The van der Waals surface area contributed by atoms with Gasteiger partial charge in [-0.25, -0.2) is 4.98 Å². The molecule has 0 saturated carbocycles. The maximum atomic E-state index is 12.5. The number of carbonyl (C=O) groups excluding carboxylic acids is 1. The Morgan fingerprint density at radius 1 is 1.28 bits per heavy atom. The average molecular weight is 342 g/mol. The van der Waals surface area contributed by atoms with Crippen LogP contribution in [-0.2, 0) is 11.3 Å². The van der Waals surface area contributed by atoms with Gasteiger partial charge in [0, 0.05) is 31.7 Å². The van der Waals surface area contributed by atoms with Gasteiger partial charge >= 0.3 is 0 Å². The molecule has 0 spiro atoms. The molecule has 1 N–H and O–H groups in total. The summed E-state index contributed by atoms with van der Waals surface area (Å²) in [5.74, 6) is 0.450. The van der Waals surface area contributed by atoms with Gasteiger partial charge in [-0.15, -0.1) is 0 Å². The normalized spacial score (nSPS) is 10.8. The van der Waals surface area contributed by atoms with E-state index in [0.717, 1.165) is 16.8 Å². The van der Waals surface area contributed by atoms with Crippen LogP contribution in [0.2, 0.25) is 0 Å². The molecule has 134 valence electrons. The van der Waals surface area contributed by atoms with Crippen molar-refractivity contribution in [1.29, 1.82) is 0 Å². The Bertz CT molecular complexity index is 791. The molecule has 0 saturated heterocycles. The van der Waals surface area contributed by atoms with Crippen molar-refractivity contribution >= 4 is 17.4 Å². The second kappa shape index (κ2) is 7.96. The first-order chi connectivity index (χ1) is 11.8. The summed E-state index contributed by atoms with van der Waals surface area (Å²) in [6.45, 7) is 8.69. The fraction of sp³-hybridized carbons (Fsp3) is 0.421. The summed E-state index contributed by atoms with van der Waals surface area (Å²) in [6.07, 6.45) is 3.27. The summed E-state index contributed by atoms with van der Waals surface area (Å²) in [4.78, 5) is 30.6. The Labute approximate surface area is 148 Å². The van der Waals surface area contributed by atoms with Crippen LogP contribution < -0.4 is 15.8 Å². The molecule has 1 amide bonds. The van der Waals surface area contributed by atoms with Crippen LogP contribution in [0.3, 0.4) is 0 Å². The number of nitrogens with one attached hydrogen (secondary N) is 1. The number of hydrogen-bond acceptors (Lipinski definition) is 4. The standard InChI is InChI=1S/C19H26N4O2/c1-13(2)11-23-10-9-20-18(19(23)25)22(5)12-16(24)21-17-14(3)7-6-8-15(17)4/h6-10,13H,11-12H2,1-5H3,(H,21,24). The molecular formula is C19H26N4O2. The molecule has 25 heavy (non-hydrogen) atoms. The van der Waals surface area contributed by atoms with Crippen LogP contribution in [0.4, 0.5) is 11.5 Å². The Balaban J connectivity index is 2.13. The van der Waals surface area contributed by atoms with Crippen molar-refractivity contribution in [3.8, 4) is 0 Å². The summed E-state index contributed by atoms with van der Waals surface area (Å²) >= 11 is 0. The number of carbonyl (C=O) groups is 1. The highest BCUT2D eigenvalue weighted by atomic mass is 16.2. The van der Waals surface area contributed by atoms with E-state index in [4.69, 9.17) is 0 Å². The third-order valence-corrected chi connectivity index (χ3v) is 3.95. The van der Waals surface area contributed by atoms with Gasteiger partial charge in [-0.3, -0.25) is 9.59 Å². The minimum Gasteiger partial charge on any atom is -0.346 e. The van der Waals surface area contributed by atoms with Gasteiger partial charge in [0.2, 0.25) is 5.91 Å². The molecule has 0 aliphatic rings. The first-order valence-corrected chi connectivity index (χ1v) is 8.42. The van der Waals surface area contributed by atoms with Crippen LogP contribution in [0, 0.1) is 19.8 Å². The summed E-state index contributed by atoms with van der Waals surface area (Å²) < 4.78 is 1.63. The van der Waals surface area contributed by atoms with Crippen molar-refractivity contribution in [1.82, 2.24) is 9.55 Å². The fourth-order valence-corrected chi connectivity index (χ4v) is 2.72. The van der Waals surface area contributed by atoms with Gasteiger partial charge in [0.05, 0.1) is 6.54 Å². The van der Waals surface area contributed by atoms with Crippen LogP contribution in [0.5, 0.6) is 0 Å². The van der Waals surface area contributed by atoms with Gasteiger partial charge < -0.3 is 14.8 Å². The zero-order valence-electron chi connectivity index (χ0n) is 15.5. The van der Waals surface area contributed by atoms with Gasteiger partial charge in [-0.1, -0.05) is 32.0 Å². The molecule has 0 aliphatic heterocycles. The summed E-state index contributed by atoms with van der Waals surface area (Å²) in [5.41, 5.74) is 2.65. The molecule has 6 nitrogen and oxygen atoms in total. The topological polar surface area (TPSA) is 67.2 Å². The maximum absolute atomic E-state index is 12.5. The highest BCUT2D eigenvalue weighted by molar-refractivity contribution is 5.95. The lowest BCUT2D eigenvalue weighted by Crippen LogP contribution is -2.36. The number of amides is 1. The van der Waals surface area contributed by atoms with Crippen molar-refractivity contribution in [3.63, 3.8) is 0 Å². The molecule has 2 aromatic rings. The summed E-state index contributed by atoms with van der Waals surface area (Å²) in [7, 11) is 1.70. The average Bonchev–Trinajstić information content (AvgIpc) is 2.52. The highest BCUT2D eigenvalue weighted by Crippen LogP contribution is 2.19. The maximum Gasteiger partial charge on any atom is 0.293 e. The Morgan fingerprint density at radius 2 is 1.92 bits per heavy atom. The van der Waals surface area contributed by atoms with Gasteiger partial charge in [0.15, 0.2) is 5.82 Å². The van der Waals surface area contributed by atoms with Crippen LogP contribution in [-0.4, -0.2) is 29.1 Å². The second-order valence-corrected chi connectivity index (χ2v) is 6.77. The lowest BCUT2D eigenvalue weighted by molar-refractivity contribution is -0.114. The number of para-hydroxylation sites is 1. The minimum atomic E-state index is -0.182. The van der Waals surface area contributed by atoms with E-state index in [2.05, 4.69) is 10.3 Å². The number of aryl methyl sites for hydroxylation is 2. The van der Waals surface area contributed by atoms with E-state index in [1.807, 2.05) is 45.9 Å². The van der Waals surface area contributed by atoms with E-state index in [1.54, 1.807) is 28.9 Å². The number of nitrogens with zero attached hydrogens (tertiary/aromatic N) is 3. The lowest BCUT2D eigenvalue weighted by Gasteiger charge is -2.19. The quantitative estimate of drug-likeness (QED) is 0.876. The Hall–Kier alpha value is -2.63. The molecule has 0 aliphatic carbocycles. The molecular weight excluding hydrogens is 316 g/mol. The van der Waals surface area contributed by atoms with Gasteiger partial charge in [-0.05, 0) is 30.9 Å². The first-order valence-electron chi connectivity index (χ1n) is 8.42. The van der Waals surface area contributed by atoms with E-state index < -0.39 is 0 Å². The van der Waals surface area contributed by atoms with Crippen molar-refractivity contribution in [2.75, 3.05) is 23.8 Å². The molecule has 0 atom stereocenters. The van der Waals surface area contributed by atoms with E-state index >= 15 is 0 Å². The van der Waals surface area contributed by atoms with Crippen molar-refractivity contribution in [3.05, 3.63) is 52.1 Å². The Kier molecular flexibility index (Phi) is 5.96. The summed E-state index contributed by atoms with van der Waals surface area (Å²) in [5, 5.41) is 2.93. The molecule has 0 radical (unpaired) electrons. The molecule has 2 rings (SSSR count). The van der Waals surface area contributed by atoms with Crippen molar-refractivity contribution in [2.24, 2.45) is 5.92 Å². The molecule has 1 heterocycles. The van der Waals surface area contributed by atoms with Crippen LogP contribution in [0.25, 0.3) is 0 Å². The molecule has 1 aromatic carbocycles. The Morgan fingerprint density at radius 3 is 2.52 bits per heavy atom. The van der Waals surface area contributed by atoms with E-state index in [1.165, 1.54) is 0 Å². The molecule has 1 aromatic heterocycles. The molecule has 0 bridgehead atoms. The number of likely N-dealkylation sites (N-methyl/N-ethyl adjacent to an activating group) is 1. The van der Waals surface area contributed by atoms with Gasteiger partial charge in [0.25, 0.3) is 5.56 Å². The SMILES string of the molecule is Cc1cccc(C)c1NC(=O)CN(C)c1nccn(CC(C)C)c1=O. The predicted octanol–water partition coefficient (Wildman–Crippen LogP) is 2.59. The first kappa shape index (κ1) is 18.7. The monoisotopic (exact) mass is 342 g/mol. The largest absolute Gasteiger partial charge is 0.346 e. The van der Waals surface area contributed by atoms with Crippen molar-refractivity contribution in [2.45, 2.75) is 34.2 Å². The zero-order valence-corrected chi connectivity index (χ0v) is 15.5. The summed E-state index contributed by atoms with van der Waals surface area (Å²) in [6, 6.07) is 5.86. The highest BCUT2D eigenvalue weighted by Gasteiger charge is 2.15. The smallest absolute Gasteiger partial charge is 0.293 e. The van der Waals surface area contributed by atoms with Crippen LogP contribution >= 0.6 is 0 Å². The van der Waals surface area contributed by atoms with Gasteiger partial charge in [-0.2, -0.15) is 0 Å². The number of aromatic nitrogens is 2. The number of anilines is 2. The number of benzene rings is 1. The van der Waals surface area contributed by atoms with Gasteiger partial charge in [0.1, 0.15) is 0 Å². The predicted molar refractivity (Wildman–Crippen MR) is 101 cm³/mol. The lowest BCUT2D eigenvalue weighted by atomic mass is 10.1. The van der Waals surface area contributed by atoms with E-state index in [9.17, 15) is 9.59 Å². The minimum absolute atomic E-state index is 0.0572. The zero-order chi connectivity index (χ0) is 18.6. The molecule has 6 heteroatoms. The third-order valence-electron chi connectivity index (χ3n) is 3.95. The van der Waals surface area contributed by atoms with E-state index in [-0.39, 0.29) is 23.8 Å². The van der Waals surface area contributed by atoms with E-state index in [0.29, 0.717) is 12.5 Å². The van der Waals surface area contributed by atoms with Crippen molar-refractivity contribution < 1.29 is 4.79 Å². The number of rotatable bonds is 6. The molecule has 0 fully saturated rings. The molecule has 0 unspecified atom stereocenters. The van der Waals surface area contributed by atoms with Crippen LogP contribution in [0.15, 0.2) is 35.4 Å².